The van der Waals surface area contributed by atoms with Crippen molar-refractivity contribution in [3.63, 3.8) is 0 Å². The Kier molecular flexibility index (Phi) is 7.88. The predicted octanol–water partition coefficient (Wildman–Crippen LogP) is 5.07. The third-order valence-electron chi connectivity index (χ3n) is 7.12. The lowest BCUT2D eigenvalue weighted by Crippen LogP contribution is -2.56. The number of carbonyl (C=O) groups excluding carboxylic acids is 3. The minimum absolute atomic E-state index is 0.00397. The van der Waals surface area contributed by atoms with Crippen LogP contribution < -0.4 is 15.1 Å². The average molecular weight is 600 g/mol. The van der Waals surface area contributed by atoms with E-state index in [0.717, 1.165) is 21.9 Å². The molecular weight excluding hydrogens is 578 g/mol. The van der Waals surface area contributed by atoms with Gasteiger partial charge in [0.05, 0.1) is 17.3 Å². The molecule has 1 aromatic heterocycles. The van der Waals surface area contributed by atoms with E-state index in [-0.39, 0.29) is 40.5 Å². The fourth-order valence-corrected chi connectivity index (χ4v) is 5.44. The highest BCUT2D eigenvalue weighted by atomic mass is 35.5. The molecule has 2 fully saturated rings. The fraction of sp³-hybridized carbons (Fsp3) is 0.276. The van der Waals surface area contributed by atoms with E-state index in [4.69, 9.17) is 11.6 Å². The highest BCUT2D eigenvalue weighted by Gasteiger charge is 2.48. The van der Waals surface area contributed by atoms with Crippen molar-refractivity contribution in [3.8, 4) is 6.07 Å². The van der Waals surface area contributed by atoms with E-state index in [2.05, 4.69) is 10.3 Å². The SMILES string of the molecule is N#Cc1ccnc(N2C(=O)CC[C@H]2C(=O)N(c2cc(F)cc(F)c2)C(C(=O)NC2CC(F)(F)C2)c2ccccc2Cl)c1. The summed E-state index contributed by atoms with van der Waals surface area (Å²) in [6.45, 7) is 0. The van der Waals surface area contributed by atoms with Gasteiger partial charge >= 0.3 is 0 Å². The van der Waals surface area contributed by atoms with Gasteiger partial charge in [0.15, 0.2) is 0 Å². The maximum atomic E-state index is 14.5. The van der Waals surface area contributed by atoms with Crippen molar-refractivity contribution in [3.05, 3.63) is 88.6 Å². The van der Waals surface area contributed by atoms with Gasteiger partial charge in [0.1, 0.15) is 29.5 Å². The number of pyridine rings is 1. The van der Waals surface area contributed by atoms with Crippen molar-refractivity contribution in [2.75, 3.05) is 9.80 Å². The zero-order valence-corrected chi connectivity index (χ0v) is 22.5. The number of hydrogen-bond acceptors (Lipinski definition) is 5. The number of hydrogen-bond donors (Lipinski definition) is 1. The van der Waals surface area contributed by atoms with E-state index in [1.807, 2.05) is 6.07 Å². The number of rotatable bonds is 7. The van der Waals surface area contributed by atoms with E-state index < -0.39 is 66.2 Å². The molecule has 2 atom stereocenters. The summed E-state index contributed by atoms with van der Waals surface area (Å²) in [6, 6.07) is 8.97. The zero-order valence-electron chi connectivity index (χ0n) is 21.7. The van der Waals surface area contributed by atoms with Crippen molar-refractivity contribution in [1.29, 1.82) is 5.26 Å². The van der Waals surface area contributed by atoms with Crippen LogP contribution in [0.15, 0.2) is 60.8 Å². The highest BCUT2D eigenvalue weighted by Crippen LogP contribution is 2.40. The molecule has 2 aromatic carbocycles. The lowest BCUT2D eigenvalue weighted by atomic mass is 9.87. The number of halogens is 5. The van der Waals surface area contributed by atoms with Crippen LogP contribution in [0.1, 0.15) is 42.9 Å². The van der Waals surface area contributed by atoms with Crippen LogP contribution in [0, 0.1) is 23.0 Å². The number of amides is 3. The topological polar surface area (TPSA) is 106 Å². The molecule has 13 heteroatoms. The average Bonchev–Trinajstić information content (AvgIpc) is 3.31. The number of nitrogens with zero attached hydrogens (tertiary/aromatic N) is 4. The second-order valence-electron chi connectivity index (χ2n) is 10.1. The van der Waals surface area contributed by atoms with Crippen molar-refractivity contribution in [1.82, 2.24) is 10.3 Å². The molecule has 0 bridgehead atoms. The number of carbonyl (C=O) groups is 3. The Labute approximate surface area is 242 Å². The fourth-order valence-electron chi connectivity index (χ4n) is 5.20. The predicted molar refractivity (Wildman–Crippen MR) is 144 cm³/mol. The van der Waals surface area contributed by atoms with Gasteiger partial charge in [-0.15, -0.1) is 0 Å². The van der Waals surface area contributed by atoms with Crippen LogP contribution in [0.5, 0.6) is 0 Å². The van der Waals surface area contributed by atoms with Crippen LogP contribution in [0.3, 0.4) is 0 Å². The third kappa shape index (κ3) is 5.78. The second-order valence-corrected chi connectivity index (χ2v) is 10.5. The first-order valence-corrected chi connectivity index (χ1v) is 13.3. The summed E-state index contributed by atoms with van der Waals surface area (Å²) in [5.41, 5.74) is -0.142. The van der Waals surface area contributed by atoms with Crippen molar-refractivity contribution >= 4 is 40.8 Å². The minimum atomic E-state index is -2.96. The summed E-state index contributed by atoms with van der Waals surface area (Å²) in [7, 11) is 0. The molecule has 42 heavy (non-hydrogen) atoms. The Morgan fingerprint density at radius 2 is 1.81 bits per heavy atom. The normalized spacial score (nSPS) is 18.6. The third-order valence-corrected chi connectivity index (χ3v) is 7.47. The van der Waals surface area contributed by atoms with E-state index in [9.17, 15) is 37.2 Å². The second kappa shape index (κ2) is 11.4. The Hall–Kier alpha value is -4.50. The van der Waals surface area contributed by atoms with Gasteiger partial charge < -0.3 is 5.32 Å². The molecule has 3 amide bonds. The summed E-state index contributed by atoms with van der Waals surface area (Å²) < 4.78 is 56.2. The summed E-state index contributed by atoms with van der Waals surface area (Å²) >= 11 is 6.44. The zero-order chi connectivity index (χ0) is 30.2. The molecule has 1 unspecified atom stereocenters. The lowest BCUT2D eigenvalue weighted by Gasteiger charge is -2.39. The molecular formula is C29H22ClF4N5O3. The maximum Gasteiger partial charge on any atom is 0.252 e. The minimum Gasteiger partial charge on any atom is -0.351 e. The molecule has 1 N–H and O–H groups in total. The molecule has 3 aromatic rings. The van der Waals surface area contributed by atoms with Gasteiger partial charge in [-0.3, -0.25) is 24.2 Å². The molecule has 8 nitrogen and oxygen atoms in total. The number of alkyl halides is 2. The van der Waals surface area contributed by atoms with Crippen LogP contribution in [0.2, 0.25) is 5.02 Å². The van der Waals surface area contributed by atoms with Gasteiger partial charge in [0.25, 0.3) is 11.8 Å². The quantitative estimate of drug-likeness (QED) is 0.382. The standard InChI is InChI=1S/C29H22ClF4N5O3/c30-22-4-2-1-3-21(22)26(27(41)37-19-13-29(33,34)14-19)38(20-11-17(31)10-18(32)12-20)28(42)23-5-6-25(40)39(23)24-9-16(15-35)7-8-36-24/h1-4,7-12,19,23,26H,5-6,13-14H2,(H,37,41)/t23-,26?/m0/s1. The molecule has 1 saturated heterocycles. The molecule has 0 spiro atoms. The monoisotopic (exact) mass is 599 g/mol. The number of benzene rings is 2. The number of nitrogens with one attached hydrogen (secondary N) is 1. The van der Waals surface area contributed by atoms with Crippen LogP contribution in [0.4, 0.5) is 29.1 Å². The van der Waals surface area contributed by atoms with E-state index in [1.165, 1.54) is 36.5 Å². The molecule has 1 saturated carbocycles. The van der Waals surface area contributed by atoms with E-state index >= 15 is 0 Å². The molecule has 1 aliphatic heterocycles. The first kappa shape index (κ1) is 29.0. The van der Waals surface area contributed by atoms with Gasteiger partial charge in [0, 0.05) is 48.2 Å². The number of nitriles is 1. The maximum absolute atomic E-state index is 14.5. The van der Waals surface area contributed by atoms with Gasteiger partial charge in [-0.2, -0.15) is 5.26 Å². The van der Waals surface area contributed by atoms with Gasteiger partial charge in [-0.05, 0) is 36.8 Å². The van der Waals surface area contributed by atoms with Crippen LogP contribution in [-0.2, 0) is 14.4 Å². The van der Waals surface area contributed by atoms with Gasteiger partial charge in [-0.1, -0.05) is 29.8 Å². The Balaban J connectivity index is 1.63. The van der Waals surface area contributed by atoms with Crippen LogP contribution in [0.25, 0.3) is 0 Å². The van der Waals surface area contributed by atoms with Gasteiger partial charge in [-0.25, -0.2) is 22.5 Å². The van der Waals surface area contributed by atoms with Crippen molar-refractivity contribution in [2.45, 2.75) is 49.7 Å². The molecule has 1 aliphatic carbocycles. The molecule has 2 aliphatic rings. The van der Waals surface area contributed by atoms with E-state index in [0.29, 0.717) is 6.07 Å². The summed E-state index contributed by atoms with van der Waals surface area (Å²) in [5.74, 6) is -7.40. The molecule has 216 valence electrons. The van der Waals surface area contributed by atoms with Crippen molar-refractivity contribution in [2.24, 2.45) is 0 Å². The lowest BCUT2D eigenvalue weighted by molar-refractivity contribution is -0.133. The Morgan fingerprint density at radius 3 is 2.45 bits per heavy atom. The first-order chi connectivity index (χ1) is 20.0. The molecule has 0 radical (unpaired) electrons. The summed E-state index contributed by atoms with van der Waals surface area (Å²) in [4.78, 5) is 47.2. The largest absolute Gasteiger partial charge is 0.351 e. The number of aromatic nitrogens is 1. The Morgan fingerprint density at radius 1 is 1.12 bits per heavy atom. The van der Waals surface area contributed by atoms with E-state index in [1.54, 1.807) is 6.07 Å². The van der Waals surface area contributed by atoms with Crippen molar-refractivity contribution < 1.29 is 31.9 Å². The first-order valence-electron chi connectivity index (χ1n) is 12.9. The molecule has 5 rings (SSSR count). The number of anilines is 2. The van der Waals surface area contributed by atoms with Gasteiger partial charge in [0.2, 0.25) is 11.8 Å². The van der Waals surface area contributed by atoms with Crippen LogP contribution >= 0.6 is 11.6 Å². The smallest absolute Gasteiger partial charge is 0.252 e. The summed E-state index contributed by atoms with van der Waals surface area (Å²) in [6.07, 6.45) is -0.101. The summed E-state index contributed by atoms with van der Waals surface area (Å²) in [5, 5.41) is 11.8. The highest BCUT2D eigenvalue weighted by molar-refractivity contribution is 6.31. The van der Waals surface area contributed by atoms with Crippen LogP contribution in [-0.4, -0.2) is 40.7 Å². The Bertz CT molecular complexity index is 1590. The molecule has 2 heterocycles.